The minimum Gasteiger partial charge on any atom is -0.481 e. The number of rotatable bonds is 5. The van der Waals surface area contributed by atoms with Gasteiger partial charge in [0.1, 0.15) is 0 Å². The average Bonchev–Trinajstić information content (AvgIpc) is 2.20. The van der Waals surface area contributed by atoms with Crippen molar-refractivity contribution in [1.29, 1.82) is 0 Å². The van der Waals surface area contributed by atoms with Crippen LogP contribution in [0.3, 0.4) is 0 Å². The van der Waals surface area contributed by atoms with Crippen molar-refractivity contribution in [2.75, 3.05) is 0 Å². The molecular weight excluding hydrogens is 200 g/mol. The van der Waals surface area contributed by atoms with Gasteiger partial charge in [0.15, 0.2) is 0 Å². The minimum atomic E-state index is -0.855. The zero-order valence-electron chi connectivity index (χ0n) is 9.81. The molecule has 0 aliphatic carbocycles. The van der Waals surface area contributed by atoms with Gasteiger partial charge in [-0.1, -0.05) is 44.2 Å². The lowest BCUT2D eigenvalue weighted by Crippen LogP contribution is -2.08. The maximum atomic E-state index is 10.9. The van der Waals surface area contributed by atoms with Crippen LogP contribution in [0.4, 0.5) is 0 Å². The Labute approximate surface area is 96.6 Å². The number of aliphatic carboxylic acids is 1. The summed E-state index contributed by atoms with van der Waals surface area (Å²) < 4.78 is 0. The van der Waals surface area contributed by atoms with E-state index in [1.165, 1.54) is 11.6 Å². The van der Waals surface area contributed by atoms with E-state index in [1.807, 2.05) is 24.3 Å². The van der Waals surface area contributed by atoms with Crippen LogP contribution in [0.15, 0.2) is 36.9 Å². The molecule has 1 aromatic carbocycles. The van der Waals surface area contributed by atoms with Gasteiger partial charge in [-0.25, -0.2) is 0 Å². The van der Waals surface area contributed by atoms with Crippen LogP contribution in [0, 0.1) is 5.92 Å². The van der Waals surface area contributed by atoms with Crippen molar-refractivity contribution in [3.8, 4) is 0 Å². The molecule has 2 nitrogen and oxygen atoms in total. The molecule has 0 aliphatic rings. The lowest BCUT2D eigenvalue weighted by molar-refractivity contribution is -0.137. The molecule has 0 fully saturated rings. The molecule has 0 bridgehead atoms. The molecule has 0 spiro atoms. The Kier molecular flexibility index (Phi) is 4.29. The van der Waals surface area contributed by atoms with Gasteiger partial charge in [-0.05, 0) is 23.5 Å². The van der Waals surface area contributed by atoms with E-state index >= 15 is 0 Å². The van der Waals surface area contributed by atoms with Crippen LogP contribution in [0.1, 0.15) is 30.9 Å². The van der Waals surface area contributed by atoms with E-state index in [0.717, 1.165) is 12.0 Å². The molecule has 0 aliphatic heterocycles. The third kappa shape index (κ3) is 3.23. The molecule has 0 radical (unpaired) electrons. The predicted octanol–water partition coefficient (Wildman–Crippen LogP) is 3.24. The number of carbonyl (C=O) groups is 1. The lowest BCUT2D eigenvalue weighted by Gasteiger charge is -2.09. The van der Waals surface area contributed by atoms with E-state index in [9.17, 15) is 4.79 Å². The van der Waals surface area contributed by atoms with Crippen molar-refractivity contribution in [3.05, 3.63) is 48.0 Å². The lowest BCUT2D eigenvalue weighted by atomic mass is 9.96. The summed E-state index contributed by atoms with van der Waals surface area (Å²) in [7, 11) is 0. The van der Waals surface area contributed by atoms with Crippen molar-refractivity contribution in [2.24, 2.45) is 5.92 Å². The van der Waals surface area contributed by atoms with Gasteiger partial charge in [-0.15, -0.1) is 6.58 Å². The summed E-state index contributed by atoms with van der Waals surface area (Å²) in [6.45, 7) is 7.88. The first-order valence-electron chi connectivity index (χ1n) is 5.48. The summed E-state index contributed by atoms with van der Waals surface area (Å²) in [5.41, 5.74) is 2.03. The Balaban J connectivity index is 2.85. The van der Waals surface area contributed by atoms with Crippen LogP contribution in [0.25, 0.3) is 0 Å². The monoisotopic (exact) mass is 218 g/mol. The highest BCUT2D eigenvalue weighted by molar-refractivity contribution is 5.78. The van der Waals surface area contributed by atoms with Crippen molar-refractivity contribution in [2.45, 2.75) is 26.2 Å². The zero-order valence-corrected chi connectivity index (χ0v) is 9.81. The third-order valence-corrected chi connectivity index (χ3v) is 2.48. The van der Waals surface area contributed by atoms with E-state index in [-0.39, 0.29) is 0 Å². The maximum absolute atomic E-state index is 10.9. The number of carboxylic acids is 1. The second kappa shape index (κ2) is 5.50. The molecule has 1 rings (SSSR count). The zero-order chi connectivity index (χ0) is 12.1. The molecule has 0 amide bonds. The van der Waals surface area contributed by atoms with Crippen LogP contribution >= 0.6 is 0 Å². The number of carboxylic acid groups (broad SMARTS) is 1. The summed E-state index contributed by atoms with van der Waals surface area (Å²) in [4.78, 5) is 10.9. The maximum Gasteiger partial charge on any atom is 0.314 e. The molecule has 0 saturated carbocycles. The Morgan fingerprint density at radius 2 is 1.94 bits per heavy atom. The van der Waals surface area contributed by atoms with Crippen molar-refractivity contribution >= 4 is 5.97 Å². The summed E-state index contributed by atoms with van der Waals surface area (Å²) in [5, 5.41) is 8.97. The topological polar surface area (TPSA) is 37.3 Å². The molecule has 86 valence electrons. The fourth-order valence-corrected chi connectivity index (χ4v) is 1.71. The largest absolute Gasteiger partial charge is 0.481 e. The smallest absolute Gasteiger partial charge is 0.314 e. The molecule has 0 saturated heterocycles. The van der Waals surface area contributed by atoms with Crippen LogP contribution < -0.4 is 0 Å². The molecule has 2 heteroatoms. The van der Waals surface area contributed by atoms with Gasteiger partial charge in [-0.3, -0.25) is 4.79 Å². The van der Waals surface area contributed by atoms with Gasteiger partial charge in [0, 0.05) is 0 Å². The number of hydrogen-bond acceptors (Lipinski definition) is 1. The van der Waals surface area contributed by atoms with Gasteiger partial charge in [0.2, 0.25) is 0 Å². The van der Waals surface area contributed by atoms with Gasteiger partial charge in [-0.2, -0.15) is 0 Å². The predicted molar refractivity (Wildman–Crippen MR) is 65.6 cm³/mol. The van der Waals surface area contributed by atoms with Crippen molar-refractivity contribution in [1.82, 2.24) is 0 Å². The molecule has 0 heterocycles. The van der Waals surface area contributed by atoms with E-state index in [0.29, 0.717) is 5.92 Å². The van der Waals surface area contributed by atoms with Crippen LogP contribution in [-0.2, 0) is 11.2 Å². The Morgan fingerprint density at radius 3 is 2.31 bits per heavy atom. The molecule has 1 N–H and O–H groups in total. The fraction of sp³-hybridized carbons (Fsp3) is 0.357. The molecule has 1 unspecified atom stereocenters. The number of benzene rings is 1. The first-order valence-corrected chi connectivity index (χ1v) is 5.48. The van der Waals surface area contributed by atoms with Crippen molar-refractivity contribution < 1.29 is 9.90 Å². The van der Waals surface area contributed by atoms with Crippen LogP contribution in [0.2, 0.25) is 0 Å². The summed E-state index contributed by atoms with van der Waals surface area (Å²) in [5.74, 6) is -0.847. The van der Waals surface area contributed by atoms with Gasteiger partial charge < -0.3 is 5.11 Å². The highest BCUT2D eigenvalue weighted by Gasteiger charge is 2.15. The van der Waals surface area contributed by atoms with Gasteiger partial charge in [0.25, 0.3) is 0 Å². The molecule has 16 heavy (non-hydrogen) atoms. The Hall–Kier alpha value is -1.57. The normalized spacial score (nSPS) is 12.4. The van der Waals surface area contributed by atoms with Gasteiger partial charge in [0.05, 0.1) is 5.92 Å². The second-order valence-electron chi connectivity index (χ2n) is 4.39. The third-order valence-electron chi connectivity index (χ3n) is 2.48. The van der Waals surface area contributed by atoms with E-state index in [4.69, 9.17) is 5.11 Å². The molecule has 0 aromatic heterocycles. The van der Waals surface area contributed by atoms with Crippen molar-refractivity contribution in [3.63, 3.8) is 0 Å². The van der Waals surface area contributed by atoms with Gasteiger partial charge >= 0.3 is 5.97 Å². The van der Waals surface area contributed by atoms with E-state index in [2.05, 4.69) is 20.4 Å². The first kappa shape index (κ1) is 12.5. The molecule has 1 aromatic rings. The SMILES string of the molecule is C=CC(C(=O)O)c1ccc(CC(C)C)cc1. The summed E-state index contributed by atoms with van der Waals surface area (Å²) >= 11 is 0. The molecular formula is C14H18O2. The Morgan fingerprint density at radius 1 is 1.38 bits per heavy atom. The van der Waals surface area contributed by atoms with E-state index < -0.39 is 11.9 Å². The fourth-order valence-electron chi connectivity index (χ4n) is 1.71. The molecule has 1 atom stereocenters. The van der Waals surface area contributed by atoms with Crippen LogP contribution in [0.5, 0.6) is 0 Å². The quantitative estimate of drug-likeness (QED) is 0.770. The average molecular weight is 218 g/mol. The number of hydrogen-bond donors (Lipinski definition) is 1. The second-order valence-corrected chi connectivity index (χ2v) is 4.39. The highest BCUT2D eigenvalue weighted by Crippen LogP contribution is 2.18. The Bertz CT molecular complexity index is 363. The first-order chi connectivity index (χ1) is 7.54. The minimum absolute atomic E-state index is 0.604. The van der Waals surface area contributed by atoms with E-state index in [1.54, 1.807) is 0 Å². The summed E-state index contributed by atoms with van der Waals surface area (Å²) in [6, 6.07) is 7.74. The van der Waals surface area contributed by atoms with Crippen LogP contribution in [-0.4, -0.2) is 11.1 Å². The summed E-state index contributed by atoms with van der Waals surface area (Å²) in [6.07, 6.45) is 2.48. The standard InChI is InChI=1S/C14H18O2/c1-4-13(14(15)16)12-7-5-11(6-8-12)9-10(2)3/h4-8,10,13H,1,9H2,2-3H3,(H,15,16). The highest BCUT2D eigenvalue weighted by atomic mass is 16.4.